The van der Waals surface area contributed by atoms with E-state index >= 15 is 0 Å². The van der Waals surface area contributed by atoms with Crippen LogP contribution in [0, 0.1) is 35.0 Å². The van der Waals surface area contributed by atoms with E-state index in [-0.39, 0.29) is 28.2 Å². The maximum absolute atomic E-state index is 14.8. The van der Waals surface area contributed by atoms with E-state index in [1.165, 1.54) is 36.4 Å². The predicted octanol–water partition coefficient (Wildman–Crippen LogP) is 7.18. The van der Waals surface area contributed by atoms with Crippen LogP contribution in [-0.2, 0) is 9.47 Å². The van der Waals surface area contributed by atoms with Gasteiger partial charge in [-0.15, -0.1) is 0 Å². The summed E-state index contributed by atoms with van der Waals surface area (Å²) in [5.74, 6) is -5.48. The minimum atomic E-state index is -1.55. The summed E-state index contributed by atoms with van der Waals surface area (Å²) in [6.45, 7) is 3.00. The Morgan fingerprint density at radius 1 is 0.719 bits per heavy atom. The number of rotatable bonds is 5. The highest BCUT2D eigenvalue weighted by molar-refractivity contribution is 5.71. The fraction of sp³-hybridized carbons (Fsp3) is 0.280. The first-order valence-corrected chi connectivity index (χ1v) is 10.3. The van der Waals surface area contributed by atoms with E-state index in [0.717, 1.165) is 25.0 Å². The van der Waals surface area contributed by atoms with Crippen molar-refractivity contribution < 1.29 is 31.4 Å². The summed E-state index contributed by atoms with van der Waals surface area (Å²) in [6.07, 6.45) is 1.14. The third-order valence-electron chi connectivity index (χ3n) is 5.49. The van der Waals surface area contributed by atoms with Crippen molar-refractivity contribution in [2.45, 2.75) is 26.1 Å². The molecule has 2 nitrogen and oxygen atoms in total. The van der Waals surface area contributed by atoms with E-state index in [9.17, 15) is 22.0 Å². The summed E-state index contributed by atoms with van der Waals surface area (Å²) >= 11 is 0. The summed E-state index contributed by atoms with van der Waals surface area (Å²) in [5.41, 5.74) is 0.739. The molecule has 0 amide bonds. The largest absolute Gasteiger partial charge is 0.348 e. The van der Waals surface area contributed by atoms with E-state index < -0.39 is 35.4 Å². The summed E-state index contributed by atoms with van der Waals surface area (Å²) in [7, 11) is 0. The highest BCUT2D eigenvalue weighted by Gasteiger charge is 2.25. The Bertz CT molecular complexity index is 1060. The average molecular weight is 448 g/mol. The molecule has 0 spiro atoms. The van der Waals surface area contributed by atoms with E-state index in [4.69, 9.17) is 9.47 Å². The van der Waals surface area contributed by atoms with Gasteiger partial charge in [-0.25, -0.2) is 22.0 Å². The van der Waals surface area contributed by atoms with Gasteiger partial charge in [0, 0.05) is 11.5 Å². The molecule has 0 aliphatic carbocycles. The van der Waals surface area contributed by atoms with Crippen LogP contribution in [0.2, 0.25) is 0 Å². The summed E-state index contributed by atoms with van der Waals surface area (Å²) in [5, 5.41) is 0. The van der Waals surface area contributed by atoms with E-state index in [1.807, 2.05) is 0 Å². The van der Waals surface area contributed by atoms with E-state index in [1.54, 1.807) is 0 Å². The molecule has 7 heteroatoms. The Kier molecular flexibility index (Phi) is 6.58. The minimum absolute atomic E-state index is 0.109. The fourth-order valence-electron chi connectivity index (χ4n) is 3.87. The molecule has 1 aliphatic heterocycles. The molecule has 0 bridgehead atoms. The highest BCUT2D eigenvalue weighted by atomic mass is 19.2. The van der Waals surface area contributed by atoms with Crippen molar-refractivity contribution in [2.24, 2.45) is 5.92 Å². The molecule has 32 heavy (non-hydrogen) atoms. The molecule has 4 rings (SSSR count). The zero-order valence-electron chi connectivity index (χ0n) is 17.3. The molecule has 1 heterocycles. The lowest BCUT2D eigenvalue weighted by molar-refractivity contribution is -0.206. The normalized spacial score (nSPS) is 18.7. The quantitative estimate of drug-likeness (QED) is 0.304. The van der Waals surface area contributed by atoms with Crippen molar-refractivity contribution in [3.8, 4) is 22.3 Å². The van der Waals surface area contributed by atoms with Crippen molar-refractivity contribution >= 4 is 0 Å². The Morgan fingerprint density at radius 3 is 1.78 bits per heavy atom. The van der Waals surface area contributed by atoms with Crippen LogP contribution in [0.4, 0.5) is 22.0 Å². The van der Waals surface area contributed by atoms with Crippen LogP contribution in [-0.4, -0.2) is 13.2 Å². The lowest BCUT2D eigenvalue weighted by Gasteiger charge is -2.29. The predicted molar refractivity (Wildman–Crippen MR) is 110 cm³/mol. The van der Waals surface area contributed by atoms with Crippen molar-refractivity contribution in [3.05, 3.63) is 83.2 Å². The number of hydrogen-bond donors (Lipinski definition) is 0. The van der Waals surface area contributed by atoms with Gasteiger partial charge in [0.25, 0.3) is 0 Å². The molecule has 1 fully saturated rings. The van der Waals surface area contributed by atoms with Gasteiger partial charge >= 0.3 is 0 Å². The molecular weight excluding hydrogens is 427 g/mol. The molecule has 0 unspecified atom stereocenters. The van der Waals surface area contributed by atoms with Gasteiger partial charge in [0.15, 0.2) is 23.7 Å². The van der Waals surface area contributed by atoms with Crippen LogP contribution in [0.3, 0.4) is 0 Å². The van der Waals surface area contributed by atoms with Gasteiger partial charge < -0.3 is 9.47 Å². The number of ether oxygens (including phenoxy) is 2. The first kappa shape index (κ1) is 22.4. The number of halogens is 5. The third kappa shape index (κ3) is 4.54. The third-order valence-corrected chi connectivity index (χ3v) is 5.49. The smallest absolute Gasteiger partial charge is 0.194 e. The van der Waals surface area contributed by atoms with Crippen LogP contribution in [0.1, 0.15) is 31.6 Å². The van der Waals surface area contributed by atoms with Crippen molar-refractivity contribution in [1.82, 2.24) is 0 Å². The molecule has 0 N–H and O–H groups in total. The van der Waals surface area contributed by atoms with E-state index in [2.05, 4.69) is 6.92 Å². The van der Waals surface area contributed by atoms with Crippen molar-refractivity contribution in [2.75, 3.05) is 13.2 Å². The molecular formula is C25H21F5O2. The Balaban J connectivity index is 1.57. The highest BCUT2D eigenvalue weighted by Crippen LogP contribution is 2.34. The molecule has 0 aromatic heterocycles. The van der Waals surface area contributed by atoms with Gasteiger partial charge in [-0.05, 0) is 47.4 Å². The van der Waals surface area contributed by atoms with Gasteiger partial charge in [-0.2, -0.15) is 0 Å². The zero-order chi connectivity index (χ0) is 22.8. The summed E-state index contributed by atoms with van der Waals surface area (Å²) < 4.78 is 81.1. The van der Waals surface area contributed by atoms with Crippen molar-refractivity contribution in [3.63, 3.8) is 0 Å². The second-order valence-electron chi connectivity index (χ2n) is 7.84. The van der Waals surface area contributed by atoms with E-state index in [0.29, 0.717) is 18.8 Å². The average Bonchev–Trinajstić information content (AvgIpc) is 2.78. The van der Waals surface area contributed by atoms with Crippen LogP contribution >= 0.6 is 0 Å². The van der Waals surface area contributed by atoms with Gasteiger partial charge in [0.2, 0.25) is 0 Å². The molecule has 1 saturated heterocycles. The first-order valence-electron chi connectivity index (χ1n) is 10.3. The second kappa shape index (κ2) is 9.38. The number of hydrogen-bond acceptors (Lipinski definition) is 2. The van der Waals surface area contributed by atoms with Crippen LogP contribution in [0.25, 0.3) is 22.3 Å². The molecule has 0 saturated carbocycles. The van der Waals surface area contributed by atoms with Crippen LogP contribution in [0.15, 0.2) is 48.5 Å². The molecule has 3 aromatic carbocycles. The van der Waals surface area contributed by atoms with Gasteiger partial charge in [-0.1, -0.05) is 37.6 Å². The molecule has 0 radical (unpaired) electrons. The van der Waals surface area contributed by atoms with Gasteiger partial charge in [-0.3, -0.25) is 0 Å². The van der Waals surface area contributed by atoms with Crippen molar-refractivity contribution in [1.29, 1.82) is 0 Å². The second-order valence-corrected chi connectivity index (χ2v) is 7.84. The summed E-state index contributed by atoms with van der Waals surface area (Å²) in [6, 6.07) is 9.85. The Hall–Kier alpha value is -2.77. The first-order chi connectivity index (χ1) is 15.4. The summed E-state index contributed by atoms with van der Waals surface area (Å²) in [4.78, 5) is 0. The molecule has 168 valence electrons. The van der Waals surface area contributed by atoms with Gasteiger partial charge in [0.1, 0.15) is 11.6 Å². The maximum Gasteiger partial charge on any atom is 0.194 e. The fourth-order valence-corrected chi connectivity index (χ4v) is 3.87. The lowest BCUT2D eigenvalue weighted by Crippen LogP contribution is -2.27. The monoisotopic (exact) mass is 448 g/mol. The van der Waals surface area contributed by atoms with Gasteiger partial charge in [0.05, 0.1) is 18.8 Å². The topological polar surface area (TPSA) is 18.5 Å². The maximum atomic E-state index is 14.8. The van der Waals surface area contributed by atoms with Crippen LogP contribution in [0.5, 0.6) is 0 Å². The Labute approximate surface area is 182 Å². The molecule has 0 atom stereocenters. The Morgan fingerprint density at radius 2 is 1.25 bits per heavy atom. The van der Waals surface area contributed by atoms with Crippen LogP contribution < -0.4 is 0 Å². The SMILES string of the molecule is CCCC1COC(c2cc(F)c(-c3ccc(-c4cc(F)c(F)c(F)c4)cc3)c(F)c2)OC1. The molecule has 3 aromatic rings. The standard InChI is InChI=1S/C25H21F5O2/c1-2-3-14-12-31-25(32-13-14)18-10-19(26)23(20(27)11-18)16-6-4-15(5-7-16)17-8-21(28)24(30)22(29)9-17/h4-11,14,25H,2-3,12-13H2,1H3. The minimum Gasteiger partial charge on any atom is -0.348 e. The molecule has 1 aliphatic rings. The zero-order valence-corrected chi connectivity index (χ0v) is 17.3. The lowest BCUT2D eigenvalue weighted by atomic mass is 9.98. The number of benzene rings is 3.